The van der Waals surface area contributed by atoms with Gasteiger partial charge in [0.15, 0.2) is 0 Å². The van der Waals surface area contributed by atoms with Gasteiger partial charge >= 0.3 is 7.48 Å². The highest BCUT2D eigenvalue weighted by Crippen LogP contribution is 2.24. The van der Waals surface area contributed by atoms with Crippen molar-refractivity contribution in [2.24, 2.45) is 0 Å². The molecule has 1 N–H and O–H groups in total. The largest absolute Gasteiger partial charge is 0.426 e. The van der Waals surface area contributed by atoms with Gasteiger partial charge in [0.2, 0.25) is 0 Å². The van der Waals surface area contributed by atoms with Gasteiger partial charge in [-0.05, 0) is 45.5 Å². The van der Waals surface area contributed by atoms with E-state index in [0.29, 0.717) is 0 Å². The average molecular weight is 225 g/mol. The summed E-state index contributed by atoms with van der Waals surface area (Å²) in [7, 11) is 1.72. The van der Waals surface area contributed by atoms with Gasteiger partial charge in [0, 0.05) is 4.88 Å². The molecule has 2 nitrogen and oxygen atoms in total. The fraction of sp³-hybridized carbons (Fsp3) is 0.636. The van der Waals surface area contributed by atoms with E-state index in [9.17, 15) is 5.11 Å². The van der Waals surface area contributed by atoms with Crippen LogP contribution in [0, 0.1) is 6.92 Å². The van der Waals surface area contributed by atoms with E-state index in [-0.39, 0.29) is 0 Å². The normalized spacial score (nSPS) is 12.9. The molecule has 0 aliphatic heterocycles. The molecule has 0 unspecified atom stereocenters. The van der Waals surface area contributed by atoms with E-state index < -0.39 is 11.2 Å². The molecule has 1 radical (unpaired) electrons. The lowest BCUT2D eigenvalue weighted by atomic mass is 9.86. The summed E-state index contributed by atoms with van der Waals surface area (Å²) in [6, 6.07) is 4.07. The SMILES string of the molecule is Cc1ccc([B]OC(C)(C)C(C)(C)O)s1. The van der Waals surface area contributed by atoms with Gasteiger partial charge in [0.25, 0.3) is 0 Å². The van der Waals surface area contributed by atoms with Gasteiger partial charge < -0.3 is 9.76 Å². The van der Waals surface area contributed by atoms with E-state index in [1.165, 1.54) is 4.88 Å². The molecule has 1 rings (SSSR count). The molecule has 15 heavy (non-hydrogen) atoms. The third kappa shape index (κ3) is 3.33. The van der Waals surface area contributed by atoms with Crippen LogP contribution in [0.5, 0.6) is 0 Å². The third-order valence-electron chi connectivity index (χ3n) is 2.70. The topological polar surface area (TPSA) is 29.5 Å². The van der Waals surface area contributed by atoms with Gasteiger partial charge in [0.1, 0.15) is 0 Å². The van der Waals surface area contributed by atoms with Crippen LogP contribution in [0.25, 0.3) is 0 Å². The Labute approximate surface area is 96.6 Å². The molecular formula is C11H18BO2S. The lowest BCUT2D eigenvalue weighted by Gasteiger charge is -2.37. The molecule has 4 heteroatoms. The molecule has 0 saturated heterocycles. The Bertz CT molecular complexity index is 326. The van der Waals surface area contributed by atoms with Gasteiger partial charge in [-0.15, -0.1) is 0 Å². The lowest BCUT2D eigenvalue weighted by Crippen LogP contribution is -2.49. The molecular weight excluding hydrogens is 207 g/mol. The molecule has 0 spiro atoms. The fourth-order valence-corrected chi connectivity index (χ4v) is 1.61. The van der Waals surface area contributed by atoms with Crippen LogP contribution in [0.1, 0.15) is 32.6 Å². The van der Waals surface area contributed by atoms with E-state index in [1.54, 1.807) is 32.7 Å². The van der Waals surface area contributed by atoms with Crippen molar-refractivity contribution in [1.29, 1.82) is 0 Å². The maximum atomic E-state index is 9.89. The first-order valence-electron chi connectivity index (χ1n) is 5.02. The van der Waals surface area contributed by atoms with Crippen LogP contribution in [0.2, 0.25) is 0 Å². The monoisotopic (exact) mass is 225 g/mol. The lowest BCUT2D eigenvalue weighted by molar-refractivity contribution is -0.0892. The van der Waals surface area contributed by atoms with Gasteiger partial charge in [0.05, 0.1) is 11.2 Å². The zero-order valence-corrected chi connectivity index (χ0v) is 10.8. The third-order valence-corrected chi connectivity index (χ3v) is 3.63. The Morgan fingerprint density at radius 3 is 2.27 bits per heavy atom. The minimum absolute atomic E-state index is 0.592. The first-order chi connectivity index (χ1) is 6.72. The van der Waals surface area contributed by atoms with Crippen LogP contribution in [0.3, 0.4) is 0 Å². The van der Waals surface area contributed by atoms with E-state index in [4.69, 9.17) is 4.65 Å². The predicted octanol–water partition coefficient (Wildman–Crippen LogP) is 1.87. The highest BCUT2D eigenvalue weighted by molar-refractivity contribution is 7.20. The molecule has 1 heterocycles. The van der Waals surface area contributed by atoms with Gasteiger partial charge in [-0.25, -0.2) is 0 Å². The van der Waals surface area contributed by atoms with Crippen molar-refractivity contribution in [2.75, 3.05) is 0 Å². The van der Waals surface area contributed by atoms with Crippen LogP contribution in [0.15, 0.2) is 12.1 Å². The van der Waals surface area contributed by atoms with Crippen LogP contribution in [-0.2, 0) is 4.65 Å². The summed E-state index contributed by atoms with van der Waals surface area (Å²) in [6.07, 6.45) is 0. The summed E-state index contributed by atoms with van der Waals surface area (Å²) < 4.78 is 6.70. The van der Waals surface area contributed by atoms with E-state index in [2.05, 4.69) is 13.0 Å². The molecule has 0 aliphatic rings. The predicted molar refractivity (Wildman–Crippen MR) is 65.9 cm³/mol. The fourth-order valence-electron chi connectivity index (χ4n) is 0.866. The van der Waals surface area contributed by atoms with Crippen molar-refractivity contribution in [3.63, 3.8) is 0 Å². The number of hydrogen-bond acceptors (Lipinski definition) is 3. The molecule has 0 aliphatic carbocycles. The van der Waals surface area contributed by atoms with E-state index in [0.717, 1.165) is 4.78 Å². The highest BCUT2D eigenvalue weighted by atomic mass is 32.1. The molecule has 0 atom stereocenters. The number of aliphatic hydroxyl groups is 1. The molecule has 0 saturated carbocycles. The Hall–Kier alpha value is -0.315. The van der Waals surface area contributed by atoms with E-state index in [1.807, 2.05) is 19.9 Å². The van der Waals surface area contributed by atoms with Crippen molar-refractivity contribution in [3.05, 3.63) is 17.0 Å². The number of hydrogen-bond donors (Lipinski definition) is 1. The van der Waals surface area contributed by atoms with Crippen molar-refractivity contribution in [3.8, 4) is 0 Å². The number of rotatable bonds is 4. The Balaban J connectivity index is 2.57. The van der Waals surface area contributed by atoms with Crippen LogP contribution < -0.4 is 4.78 Å². The summed E-state index contributed by atoms with van der Waals surface area (Å²) in [6.45, 7) is 9.32. The maximum absolute atomic E-state index is 9.89. The standard InChI is InChI=1S/C11H18BO2S/c1-8-6-7-9(15-8)12-14-11(4,5)10(2,3)13/h6-7,13H,1-5H3. The summed E-state index contributed by atoms with van der Waals surface area (Å²) in [5.74, 6) is 0. The second-order valence-electron chi connectivity index (χ2n) is 4.75. The number of aryl methyl sites for hydroxylation is 1. The summed E-state index contributed by atoms with van der Waals surface area (Å²) in [5.41, 5.74) is -1.46. The van der Waals surface area contributed by atoms with Crippen molar-refractivity contribution >= 4 is 23.6 Å². The second kappa shape index (κ2) is 4.28. The van der Waals surface area contributed by atoms with Gasteiger partial charge in [-0.2, -0.15) is 11.3 Å². The minimum atomic E-state index is -0.865. The number of thiophene rings is 1. The smallest absolute Gasteiger partial charge is 0.341 e. The molecule has 1 aromatic rings. The molecule has 0 bridgehead atoms. The molecule has 0 fully saturated rings. The molecule has 0 amide bonds. The first-order valence-corrected chi connectivity index (χ1v) is 5.84. The first kappa shape index (κ1) is 12.8. The Morgan fingerprint density at radius 2 is 1.87 bits per heavy atom. The zero-order chi connectivity index (χ0) is 11.7. The average Bonchev–Trinajstić information content (AvgIpc) is 2.46. The van der Waals surface area contributed by atoms with Crippen molar-refractivity contribution in [1.82, 2.24) is 0 Å². The summed E-state index contributed by atoms with van der Waals surface area (Å²) in [5, 5.41) is 9.89. The summed E-state index contributed by atoms with van der Waals surface area (Å²) >= 11 is 1.68. The molecule has 83 valence electrons. The second-order valence-corrected chi connectivity index (χ2v) is 6.07. The summed E-state index contributed by atoms with van der Waals surface area (Å²) in [4.78, 5) is 1.26. The van der Waals surface area contributed by atoms with Crippen LogP contribution >= 0.6 is 11.3 Å². The molecule has 1 aromatic heterocycles. The Kier molecular flexibility index (Phi) is 3.64. The zero-order valence-electron chi connectivity index (χ0n) is 10.00. The molecule has 0 aromatic carbocycles. The van der Waals surface area contributed by atoms with Crippen LogP contribution in [-0.4, -0.2) is 23.8 Å². The van der Waals surface area contributed by atoms with E-state index >= 15 is 0 Å². The van der Waals surface area contributed by atoms with Crippen molar-refractivity contribution < 1.29 is 9.76 Å². The van der Waals surface area contributed by atoms with Crippen molar-refractivity contribution in [2.45, 2.75) is 45.8 Å². The highest BCUT2D eigenvalue weighted by Gasteiger charge is 2.35. The minimum Gasteiger partial charge on any atom is -0.426 e. The van der Waals surface area contributed by atoms with Gasteiger partial charge in [-0.1, -0.05) is 6.07 Å². The van der Waals surface area contributed by atoms with Gasteiger partial charge in [-0.3, -0.25) is 0 Å². The maximum Gasteiger partial charge on any atom is 0.341 e. The Morgan fingerprint density at radius 1 is 1.27 bits per heavy atom. The van der Waals surface area contributed by atoms with Crippen LogP contribution in [0.4, 0.5) is 0 Å². The quantitative estimate of drug-likeness (QED) is 0.792.